The lowest BCUT2D eigenvalue weighted by Crippen LogP contribution is -2.15. The summed E-state index contributed by atoms with van der Waals surface area (Å²) in [7, 11) is 0. The summed E-state index contributed by atoms with van der Waals surface area (Å²) < 4.78 is 0. The largest absolute Gasteiger partial charge is 0.398 e. The molecule has 0 saturated heterocycles. The number of hydrogen-bond acceptors (Lipinski definition) is 3. The molecule has 0 fully saturated rings. The Morgan fingerprint density at radius 1 is 1.26 bits per heavy atom. The van der Waals surface area contributed by atoms with E-state index >= 15 is 0 Å². The maximum atomic E-state index is 12.1. The third kappa shape index (κ3) is 2.85. The molecular weight excluding hydrogens is 262 g/mol. The normalized spacial score (nSPS) is 10.3. The van der Waals surface area contributed by atoms with Gasteiger partial charge in [0.25, 0.3) is 5.91 Å². The maximum absolute atomic E-state index is 12.1. The highest BCUT2D eigenvalue weighted by molar-refractivity contribution is 6.30. The number of hydrogen-bond donors (Lipinski definition) is 2. The van der Waals surface area contributed by atoms with Crippen LogP contribution in [0.25, 0.3) is 0 Å². The van der Waals surface area contributed by atoms with E-state index in [9.17, 15) is 4.79 Å². The number of rotatable bonds is 2. The Morgan fingerprint density at radius 3 is 2.63 bits per heavy atom. The molecule has 0 aliphatic rings. The minimum absolute atomic E-state index is 0.284. The Hall–Kier alpha value is -2.07. The fourth-order valence-electron chi connectivity index (χ4n) is 1.74. The van der Waals surface area contributed by atoms with Crippen LogP contribution < -0.4 is 11.1 Å². The van der Waals surface area contributed by atoms with Gasteiger partial charge in [0.2, 0.25) is 0 Å². The van der Waals surface area contributed by atoms with Crippen LogP contribution in [0.3, 0.4) is 0 Å². The van der Waals surface area contributed by atoms with Gasteiger partial charge in [0.1, 0.15) is 5.69 Å². The fourth-order valence-corrected chi connectivity index (χ4v) is 1.86. The van der Waals surface area contributed by atoms with Crippen LogP contribution in [0.2, 0.25) is 5.02 Å². The summed E-state index contributed by atoms with van der Waals surface area (Å²) in [6.07, 6.45) is 1.44. The Labute approximate surface area is 116 Å². The van der Waals surface area contributed by atoms with Gasteiger partial charge in [0, 0.05) is 17.6 Å². The molecule has 3 N–H and O–H groups in total. The SMILES string of the molecule is Cc1ccc(N)c(C)c1NC(=O)c1ccc(Cl)cn1. The minimum Gasteiger partial charge on any atom is -0.398 e. The molecule has 0 bridgehead atoms. The lowest BCUT2D eigenvalue weighted by atomic mass is 10.1. The molecule has 2 aromatic rings. The third-order valence-corrected chi connectivity index (χ3v) is 3.14. The average Bonchev–Trinajstić information content (AvgIpc) is 2.40. The Balaban J connectivity index is 2.29. The zero-order chi connectivity index (χ0) is 14.0. The van der Waals surface area contributed by atoms with Gasteiger partial charge in [-0.1, -0.05) is 17.7 Å². The van der Waals surface area contributed by atoms with Crippen molar-refractivity contribution in [3.63, 3.8) is 0 Å². The van der Waals surface area contributed by atoms with Crippen molar-refractivity contribution >= 4 is 28.9 Å². The van der Waals surface area contributed by atoms with Gasteiger partial charge in [-0.05, 0) is 43.2 Å². The number of halogens is 1. The van der Waals surface area contributed by atoms with Crippen LogP contribution in [-0.4, -0.2) is 10.9 Å². The first-order valence-corrected chi connectivity index (χ1v) is 6.15. The molecule has 1 aromatic carbocycles. The number of carbonyl (C=O) groups is 1. The van der Waals surface area contributed by atoms with Crippen molar-refractivity contribution in [2.24, 2.45) is 0 Å². The molecule has 0 unspecified atom stereocenters. The Bertz CT molecular complexity index is 623. The Kier molecular flexibility index (Phi) is 3.71. The van der Waals surface area contributed by atoms with Crippen molar-refractivity contribution in [2.75, 3.05) is 11.1 Å². The Morgan fingerprint density at radius 2 is 2.00 bits per heavy atom. The zero-order valence-corrected chi connectivity index (χ0v) is 11.5. The van der Waals surface area contributed by atoms with Crippen LogP contribution in [0.1, 0.15) is 21.6 Å². The van der Waals surface area contributed by atoms with Crippen LogP contribution >= 0.6 is 11.6 Å². The molecule has 0 aliphatic carbocycles. The standard InChI is InChI=1S/C14H14ClN3O/c1-8-3-5-11(16)9(2)13(8)18-14(19)12-6-4-10(15)7-17-12/h3-7H,16H2,1-2H3,(H,18,19). The maximum Gasteiger partial charge on any atom is 0.274 e. The van der Waals surface area contributed by atoms with Crippen LogP contribution in [0.5, 0.6) is 0 Å². The molecule has 4 nitrogen and oxygen atoms in total. The summed E-state index contributed by atoms with van der Waals surface area (Å²) in [5.41, 5.74) is 9.32. The van der Waals surface area contributed by atoms with Crippen molar-refractivity contribution < 1.29 is 4.79 Å². The van der Waals surface area contributed by atoms with Crippen molar-refractivity contribution in [1.29, 1.82) is 0 Å². The summed E-state index contributed by atoms with van der Waals surface area (Å²) in [5, 5.41) is 3.32. The molecule has 0 saturated carbocycles. The van der Waals surface area contributed by atoms with Crippen molar-refractivity contribution in [3.05, 3.63) is 52.3 Å². The molecule has 1 amide bonds. The number of carbonyl (C=O) groups excluding carboxylic acids is 1. The number of aromatic nitrogens is 1. The summed E-state index contributed by atoms with van der Waals surface area (Å²) in [6.45, 7) is 3.78. The van der Waals surface area contributed by atoms with Crippen LogP contribution in [0.4, 0.5) is 11.4 Å². The van der Waals surface area contributed by atoms with Gasteiger partial charge in [-0.3, -0.25) is 4.79 Å². The highest BCUT2D eigenvalue weighted by Gasteiger charge is 2.12. The van der Waals surface area contributed by atoms with Crippen LogP contribution in [-0.2, 0) is 0 Å². The van der Waals surface area contributed by atoms with E-state index in [1.807, 2.05) is 26.0 Å². The number of pyridine rings is 1. The first-order valence-electron chi connectivity index (χ1n) is 5.77. The molecule has 5 heteroatoms. The van der Waals surface area contributed by atoms with Crippen molar-refractivity contribution in [2.45, 2.75) is 13.8 Å². The second-order valence-electron chi connectivity index (χ2n) is 4.29. The second-order valence-corrected chi connectivity index (χ2v) is 4.72. The number of amides is 1. The van der Waals surface area contributed by atoms with Crippen LogP contribution in [0.15, 0.2) is 30.5 Å². The molecule has 0 spiro atoms. The van der Waals surface area contributed by atoms with Crippen LogP contribution in [0, 0.1) is 13.8 Å². The van der Waals surface area contributed by atoms with Gasteiger partial charge < -0.3 is 11.1 Å². The monoisotopic (exact) mass is 275 g/mol. The zero-order valence-electron chi connectivity index (χ0n) is 10.7. The molecular formula is C14H14ClN3O. The van der Waals surface area contributed by atoms with E-state index < -0.39 is 0 Å². The quantitative estimate of drug-likeness (QED) is 0.827. The molecule has 0 aliphatic heterocycles. The smallest absolute Gasteiger partial charge is 0.274 e. The number of benzene rings is 1. The van der Waals surface area contributed by atoms with Crippen molar-refractivity contribution in [1.82, 2.24) is 4.98 Å². The number of aryl methyl sites for hydroxylation is 1. The fraction of sp³-hybridized carbons (Fsp3) is 0.143. The number of nitrogens with two attached hydrogens (primary N) is 1. The number of anilines is 2. The minimum atomic E-state index is -0.284. The van der Waals surface area contributed by atoms with E-state index in [4.69, 9.17) is 17.3 Å². The molecule has 1 aromatic heterocycles. The van der Waals surface area contributed by atoms with Crippen molar-refractivity contribution in [3.8, 4) is 0 Å². The molecule has 0 atom stereocenters. The highest BCUT2D eigenvalue weighted by Crippen LogP contribution is 2.25. The van der Waals surface area contributed by atoms with E-state index in [0.717, 1.165) is 16.8 Å². The predicted molar refractivity (Wildman–Crippen MR) is 77.5 cm³/mol. The molecule has 2 rings (SSSR count). The summed E-state index contributed by atoms with van der Waals surface area (Å²) in [5.74, 6) is -0.284. The molecule has 98 valence electrons. The van der Waals surface area contributed by atoms with E-state index in [1.54, 1.807) is 12.1 Å². The van der Waals surface area contributed by atoms with Gasteiger partial charge >= 0.3 is 0 Å². The topological polar surface area (TPSA) is 68.0 Å². The highest BCUT2D eigenvalue weighted by atomic mass is 35.5. The number of nitrogens with zero attached hydrogens (tertiary/aromatic N) is 1. The molecule has 19 heavy (non-hydrogen) atoms. The summed E-state index contributed by atoms with van der Waals surface area (Å²) in [4.78, 5) is 16.1. The first kappa shape index (κ1) is 13.4. The summed E-state index contributed by atoms with van der Waals surface area (Å²) >= 11 is 5.74. The summed E-state index contributed by atoms with van der Waals surface area (Å²) in [6, 6.07) is 6.89. The third-order valence-electron chi connectivity index (χ3n) is 2.91. The first-order chi connectivity index (χ1) is 8.99. The van der Waals surface area contributed by atoms with E-state index in [0.29, 0.717) is 16.4 Å². The van der Waals surface area contributed by atoms with E-state index in [-0.39, 0.29) is 5.91 Å². The average molecular weight is 276 g/mol. The van der Waals surface area contributed by atoms with Gasteiger partial charge in [0.05, 0.1) is 5.02 Å². The van der Waals surface area contributed by atoms with Gasteiger partial charge in [0.15, 0.2) is 0 Å². The van der Waals surface area contributed by atoms with Gasteiger partial charge in [-0.25, -0.2) is 4.98 Å². The molecule has 0 radical (unpaired) electrons. The van der Waals surface area contributed by atoms with E-state index in [2.05, 4.69) is 10.3 Å². The lowest BCUT2D eigenvalue weighted by molar-refractivity contribution is 0.102. The number of nitrogen functional groups attached to an aromatic ring is 1. The predicted octanol–water partition coefficient (Wildman–Crippen LogP) is 3.19. The second kappa shape index (κ2) is 5.28. The van der Waals surface area contributed by atoms with E-state index in [1.165, 1.54) is 6.20 Å². The lowest BCUT2D eigenvalue weighted by Gasteiger charge is -2.13. The van der Waals surface area contributed by atoms with Gasteiger partial charge in [-0.15, -0.1) is 0 Å². The number of nitrogens with one attached hydrogen (secondary N) is 1. The van der Waals surface area contributed by atoms with Gasteiger partial charge in [-0.2, -0.15) is 0 Å². The molecule has 1 heterocycles.